The Morgan fingerprint density at radius 3 is 3.04 bits per heavy atom. The third-order valence-corrected chi connectivity index (χ3v) is 4.53. The lowest BCUT2D eigenvalue weighted by atomic mass is 10.0. The number of aromatic nitrogens is 5. The summed E-state index contributed by atoms with van der Waals surface area (Å²) >= 11 is 0. The highest BCUT2D eigenvalue weighted by molar-refractivity contribution is 5.99. The van der Waals surface area contributed by atoms with E-state index in [2.05, 4.69) is 20.2 Å². The molecule has 8 nitrogen and oxygen atoms in total. The molecule has 0 aliphatic carbocycles. The van der Waals surface area contributed by atoms with Crippen LogP contribution < -0.4 is 0 Å². The molecular weight excluding hydrogens is 320 g/mol. The van der Waals surface area contributed by atoms with E-state index in [1.54, 1.807) is 29.2 Å². The summed E-state index contributed by atoms with van der Waals surface area (Å²) in [5, 5.41) is 8.26. The topological polar surface area (TPSA) is 89.4 Å². The Morgan fingerprint density at radius 1 is 1.36 bits per heavy atom. The van der Waals surface area contributed by atoms with Gasteiger partial charge in [0.1, 0.15) is 11.6 Å². The normalized spacial score (nSPS) is 18.2. The standard InChI is InChI=1S/C17H20N6O2/c1-11(2)14-20-16(25-21-14)13-6-3-4-8-22(13)17(24)12-10-19-23-9-5-7-18-15(12)23/h5,7,9-11,13H,3-4,6,8H2,1-2H3. The van der Waals surface area contributed by atoms with Crippen molar-refractivity contribution < 1.29 is 9.32 Å². The van der Waals surface area contributed by atoms with Crippen LogP contribution in [0.5, 0.6) is 0 Å². The maximum atomic E-state index is 13.1. The highest BCUT2D eigenvalue weighted by Gasteiger charge is 2.34. The van der Waals surface area contributed by atoms with Crippen LogP contribution in [-0.4, -0.2) is 42.1 Å². The number of carbonyl (C=O) groups is 1. The van der Waals surface area contributed by atoms with Crippen molar-refractivity contribution in [3.63, 3.8) is 0 Å². The van der Waals surface area contributed by atoms with E-state index in [0.29, 0.717) is 29.5 Å². The molecule has 8 heteroatoms. The molecule has 3 aromatic heterocycles. The molecule has 0 radical (unpaired) electrons. The smallest absolute Gasteiger partial charge is 0.260 e. The first kappa shape index (κ1) is 15.7. The molecule has 0 bridgehead atoms. The van der Waals surface area contributed by atoms with Gasteiger partial charge < -0.3 is 9.42 Å². The van der Waals surface area contributed by atoms with Crippen molar-refractivity contribution in [1.29, 1.82) is 0 Å². The quantitative estimate of drug-likeness (QED) is 0.728. The zero-order valence-corrected chi connectivity index (χ0v) is 14.3. The first-order valence-electron chi connectivity index (χ1n) is 8.58. The van der Waals surface area contributed by atoms with Crippen LogP contribution in [0, 0.1) is 0 Å². The van der Waals surface area contributed by atoms with Gasteiger partial charge >= 0.3 is 0 Å². The second kappa shape index (κ2) is 6.27. The second-order valence-corrected chi connectivity index (χ2v) is 6.60. The molecule has 1 amide bonds. The molecule has 1 fully saturated rings. The molecule has 25 heavy (non-hydrogen) atoms. The Balaban J connectivity index is 1.67. The third-order valence-electron chi connectivity index (χ3n) is 4.53. The van der Waals surface area contributed by atoms with Crippen molar-refractivity contribution >= 4 is 11.6 Å². The Labute approximate surface area is 144 Å². The molecule has 1 unspecified atom stereocenters. The summed E-state index contributed by atoms with van der Waals surface area (Å²) in [5.41, 5.74) is 1.06. The Morgan fingerprint density at radius 2 is 2.24 bits per heavy atom. The fourth-order valence-corrected chi connectivity index (χ4v) is 3.18. The van der Waals surface area contributed by atoms with Gasteiger partial charge in [0.05, 0.1) is 6.20 Å². The van der Waals surface area contributed by atoms with Gasteiger partial charge in [-0.25, -0.2) is 9.50 Å². The minimum absolute atomic E-state index is 0.0947. The summed E-state index contributed by atoms with van der Waals surface area (Å²) in [7, 11) is 0. The Bertz CT molecular complexity index is 899. The Hall–Kier alpha value is -2.77. The van der Waals surface area contributed by atoms with Crippen LogP contribution in [0.4, 0.5) is 0 Å². The highest BCUT2D eigenvalue weighted by atomic mass is 16.5. The second-order valence-electron chi connectivity index (χ2n) is 6.60. The lowest BCUT2D eigenvalue weighted by molar-refractivity contribution is 0.0563. The first-order chi connectivity index (χ1) is 12.1. The molecule has 1 aliphatic heterocycles. The number of likely N-dealkylation sites (tertiary alicyclic amines) is 1. The summed E-state index contributed by atoms with van der Waals surface area (Å²) in [6.45, 7) is 4.69. The molecule has 130 valence electrons. The average molecular weight is 340 g/mol. The van der Waals surface area contributed by atoms with E-state index >= 15 is 0 Å². The van der Waals surface area contributed by atoms with Crippen molar-refractivity contribution in [2.24, 2.45) is 0 Å². The summed E-state index contributed by atoms with van der Waals surface area (Å²) in [6, 6.07) is 1.59. The minimum Gasteiger partial charge on any atom is -0.337 e. The number of carbonyl (C=O) groups excluding carboxylic acids is 1. The number of nitrogens with zero attached hydrogens (tertiary/aromatic N) is 6. The summed E-state index contributed by atoms with van der Waals surface area (Å²) in [4.78, 5) is 23.7. The molecule has 0 aromatic carbocycles. The fraction of sp³-hybridized carbons (Fsp3) is 0.471. The maximum Gasteiger partial charge on any atom is 0.260 e. The van der Waals surface area contributed by atoms with Crippen molar-refractivity contribution in [3.05, 3.63) is 41.9 Å². The van der Waals surface area contributed by atoms with E-state index in [4.69, 9.17) is 4.52 Å². The predicted octanol–water partition coefficient (Wildman–Crippen LogP) is 2.60. The maximum absolute atomic E-state index is 13.1. The molecule has 0 saturated carbocycles. The number of fused-ring (bicyclic) bond motifs is 1. The fourth-order valence-electron chi connectivity index (χ4n) is 3.18. The van der Waals surface area contributed by atoms with Gasteiger partial charge in [-0.3, -0.25) is 4.79 Å². The van der Waals surface area contributed by atoms with Gasteiger partial charge in [0, 0.05) is 24.9 Å². The van der Waals surface area contributed by atoms with Gasteiger partial charge in [0.2, 0.25) is 5.89 Å². The number of amides is 1. The lowest BCUT2D eigenvalue weighted by Crippen LogP contribution is -2.38. The third kappa shape index (κ3) is 2.77. The number of hydrogen-bond donors (Lipinski definition) is 0. The minimum atomic E-state index is -0.195. The van der Waals surface area contributed by atoms with Crippen LogP contribution in [0.15, 0.2) is 29.2 Å². The van der Waals surface area contributed by atoms with Crippen LogP contribution >= 0.6 is 0 Å². The number of rotatable bonds is 3. The van der Waals surface area contributed by atoms with Gasteiger partial charge in [-0.15, -0.1) is 0 Å². The molecule has 4 rings (SSSR count). The van der Waals surface area contributed by atoms with Gasteiger partial charge in [-0.1, -0.05) is 19.0 Å². The van der Waals surface area contributed by atoms with E-state index in [-0.39, 0.29) is 17.9 Å². The predicted molar refractivity (Wildman–Crippen MR) is 89.0 cm³/mol. The van der Waals surface area contributed by atoms with Crippen LogP contribution in [0.3, 0.4) is 0 Å². The zero-order chi connectivity index (χ0) is 17.4. The average Bonchev–Trinajstić information content (AvgIpc) is 3.28. The molecule has 4 heterocycles. The Kier molecular flexibility index (Phi) is 3.95. The monoisotopic (exact) mass is 340 g/mol. The van der Waals surface area contributed by atoms with Gasteiger partial charge in [0.25, 0.3) is 5.91 Å². The van der Waals surface area contributed by atoms with Crippen molar-refractivity contribution in [2.75, 3.05) is 6.54 Å². The van der Waals surface area contributed by atoms with Gasteiger partial charge in [-0.2, -0.15) is 10.1 Å². The van der Waals surface area contributed by atoms with Crippen LogP contribution in [-0.2, 0) is 0 Å². The van der Waals surface area contributed by atoms with E-state index in [0.717, 1.165) is 19.3 Å². The van der Waals surface area contributed by atoms with E-state index in [1.807, 2.05) is 18.7 Å². The summed E-state index contributed by atoms with van der Waals surface area (Å²) < 4.78 is 7.07. The first-order valence-corrected chi connectivity index (χ1v) is 8.58. The van der Waals surface area contributed by atoms with Crippen molar-refractivity contribution in [2.45, 2.75) is 45.1 Å². The van der Waals surface area contributed by atoms with E-state index in [9.17, 15) is 4.79 Å². The molecule has 0 spiro atoms. The SMILES string of the molecule is CC(C)c1noc(C2CCCCN2C(=O)c2cnn3cccnc23)n1. The lowest BCUT2D eigenvalue weighted by Gasteiger charge is -2.33. The van der Waals surface area contributed by atoms with Crippen molar-refractivity contribution in [1.82, 2.24) is 29.6 Å². The van der Waals surface area contributed by atoms with E-state index < -0.39 is 0 Å². The molecule has 1 saturated heterocycles. The van der Waals surface area contributed by atoms with Crippen molar-refractivity contribution in [3.8, 4) is 0 Å². The highest BCUT2D eigenvalue weighted by Crippen LogP contribution is 2.32. The molecule has 0 N–H and O–H groups in total. The van der Waals surface area contributed by atoms with Gasteiger partial charge in [-0.05, 0) is 25.3 Å². The number of hydrogen-bond acceptors (Lipinski definition) is 6. The summed E-state index contributed by atoms with van der Waals surface area (Å²) in [5.74, 6) is 1.28. The van der Waals surface area contributed by atoms with Crippen LogP contribution in [0.25, 0.3) is 5.65 Å². The summed E-state index contributed by atoms with van der Waals surface area (Å²) in [6.07, 6.45) is 7.82. The largest absolute Gasteiger partial charge is 0.337 e. The van der Waals surface area contributed by atoms with Gasteiger partial charge in [0.15, 0.2) is 11.5 Å². The zero-order valence-electron chi connectivity index (χ0n) is 14.3. The molecule has 1 atom stereocenters. The van der Waals surface area contributed by atoms with Crippen LogP contribution in [0.1, 0.15) is 67.1 Å². The van der Waals surface area contributed by atoms with Crippen LogP contribution in [0.2, 0.25) is 0 Å². The van der Waals surface area contributed by atoms with E-state index in [1.165, 1.54) is 0 Å². The molecule has 3 aromatic rings. The molecule has 1 aliphatic rings. The molecular formula is C17H20N6O2. The number of piperidine rings is 1.